The van der Waals surface area contributed by atoms with Crippen molar-refractivity contribution >= 4 is 11.7 Å². The lowest BCUT2D eigenvalue weighted by molar-refractivity contribution is -0.141. The summed E-state index contributed by atoms with van der Waals surface area (Å²) >= 11 is 0. The first-order valence-electron chi connectivity index (χ1n) is 8.03. The average Bonchev–Trinajstić information content (AvgIpc) is 3.01. The Bertz CT molecular complexity index is 784. The van der Waals surface area contributed by atoms with Crippen LogP contribution in [0.4, 0.5) is 13.2 Å². The molecule has 1 spiro atoms. The van der Waals surface area contributed by atoms with E-state index >= 15 is 0 Å². The summed E-state index contributed by atoms with van der Waals surface area (Å²) in [6.07, 6.45) is -2.81. The summed E-state index contributed by atoms with van der Waals surface area (Å²) in [4.78, 5) is 26.1. The minimum absolute atomic E-state index is 0.0662. The molecule has 142 valence electrons. The fraction of sp³-hybridized carbons (Fsp3) is 0.562. The predicted molar refractivity (Wildman–Crippen MR) is 83.9 cm³/mol. The zero-order valence-corrected chi connectivity index (χ0v) is 14.3. The second-order valence-electron chi connectivity index (χ2n) is 7.29. The van der Waals surface area contributed by atoms with Crippen molar-refractivity contribution in [3.05, 3.63) is 29.2 Å². The molecule has 1 aliphatic carbocycles. The van der Waals surface area contributed by atoms with E-state index in [1.165, 1.54) is 11.0 Å². The smallest absolute Gasteiger partial charge is 0.396 e. The van der Waals surface area contributed by atoms with Crippen LogP contribution in [0.25, 0.3) is 0 Å². The quantitative estimate of drug-likeness (QED) is 0.778. The van der Waals surface area contributed by atoms with Gasteiger partial charge >= 0.3 is 6.18 Å². The van der Waals surface area contributed by atoms with Gasteiger partial charge < -0.3 is 15.4 Å². The first-order valence-corrected chi connectivity index (χ1v) is 8.03. The fourth-order valence-electron chi connectivity index (χ4n) is 3.54. The van der Waals surface area contributed by atoms with Gasteiger partial charge in [0, 0.05) is 18.0 Å². The number of halogens is 3. The molecule has 0 bridgehead atoms. The van der Waals surface area contributed by atoms with Crippen molar-refractivity contribution in [3.63, 3.8) is 0 Å². The number of carbonyl (C=O) groups is 2. The second-order valence-corrected chi connectivity index (χ2v) is 7.29. The maximum absolute atomic E-state index is 12.7. The molecule has 1 atom stereocenters. The number of H-pyrrole nitrogens is 1. The number of rotatable bonds is 1. The summed E-state index contributed by atoms with van der Waals surface area (Å²) in [6, 6.07) is 0.684. The van der Waals surface area contributed by atoms with E-state index in [9.17, 15) is 22.8 Å². The Kier molecular flexibility index (Phi) is 4.13. The maximum Gasteiger partial charge on any atom is 0.435 e. The van der Waals surface area contributed by atoms with Gasteiger partial charge in [-0.15, -0.1) is 0 Å². The number of nitrogens with zero attached hydrogens (tertiary/aromatic N) is 2. The molecule has 0 aromatic carbocycles. The third-order valence-electron chi connectivity index (χ3n) is 4.63. The molecule has 1 aromatic heterocycles. The van der Waals surface area contributed by atoms with Gasteiger partial charge in [0.25, 0.3) is 5.91 Å². The second kappa shape index (κ2) is 5.83. The number of ketones is 1. The maximum atomic E-state index is 12.7. The Morgan fingerprint density at radius 2 is 2.12 bits per heavy atom. The number of nitrogens with two attached hydrogens (primary N) is 1. The Hall–Kier alpha value is -2.36. The normalized spacial score (nSPS) is 26.1. The molecule has 1 aromatic rings. The minimum Gasteiger partial charge on any atom is -0.396 e. The van der Waals surface area contributed by atoms with Crippen LogP contribution in [0, 0.1) is 5.41 Å². The van der Waals surface area contributed by atoms with Crippen LogP contribution in [0.3, 0.4) is 0 Å². The summed E-state index contributed by atoms with van der Waals surface area (Å²) in [5, 5.41) is 5.28. The molecule has 2 heterocycles. The van der Waals surface area contributed by atoms with Crippen molar-refractivity contribution in [2.45, 2.75) is 32.0 Å². The molecular formula is C16H19F3N4O3. The number of carbonyl (C=O) groups excluding carboxylic acids is 2. The number of hydrogen-bond acceptors (Lipinski definition) is 5. The van der Waals surface area contributed by atoms with Gasteiger partial charge in [-0.1, -0.05) is 13.8 Å². The van der Waals surface area contributed by atoms with Crippen LogP contribution in [0.1, 0.15) is 36.5 Å². The van der Waals surface area contributed by atoms with E-state index in [1.54, 1.807) is 13.8 Å². The van der Waals surface area contributed by atoms with E-state index in [-0.39, 0.29) is 36.9 Å². The third kappa shape index (κ3) is 3.20. The minimum atomic E-state index is -4.63. The molecule has 1 fully saturated rings. The number of Topliss-reactive ketones (excluding diaryl/α,β-unsaturated/α-hetero) is 1. The van der Waals surface area contributed by atoms with Gasteiger partial charge in [-0.2, -0.15) is 18.3 Å². The number of aromatic nitrogens is 2. The van der Waals surface area contributed by atoms with E-state index < -0.39 is 28.8 Å². The number of morpholine rings is 1. The first-order chi connectivity index (χ1) is 11.9. The molecule has 10 heteroatoms. The van der Waals surface area contributed by atoms with Crippen LogP contribution in [0.15, 0.2) is 17.8 Å². The van der Waals surface area contributed by atoms with Gasteiger partial charge in [-0.3, -0.25) is 14.7 Å². The molecule has 2 aliphatic rings. The van der Waals surface area contributed by atoms with Crippen LogP contribution in [-0.2, 0) is 15.7 Å². The number of allylic oxidation sites excluding steroid dienone is 1. The van der Waals surface area contributed by atoms with E-state index in [1.807, 2.05) is 0 Å². The summed E-state index contributed by atoms with van der Waals surface area (Å²) < 4.78 is 43.9. The molecule has 1 amide bonds. The summed E-state index contributed by atoms with van der Waals surface area (Å²) in [7, 11) is 0. The molecule has 3 rings (SSSR count). The van der Waals surface area contributed by atoms with Gasteiger partial charge in [0.2, 0.25) is 0 Å². The first kappa shape index (κ1) is 18.4. The van der Waals surface area contributed by atoms with Crippen molar-refractivity contribution in [1.82, 2.24) is 15.1 Å². The van der Waals surface area contributed by atoms with Crippen LogP contribution in [0.2, 0.25) is 0 Å². The Labute approximate surface area is 147 Å². The van der Waals surface area contributed by atoms with Crippen LogP contribution in [0.5, 0.6) is 0 Å². The number of aromatic amines is 1. The molecule has 26 heavy (non-hydrogen) atoms. The zero-order chi connectivity index (χ0) is 19.3. The lowest BCUT2D eigenvalue weighted by Gasteiger charge is -2.46. The van der Waals surface area contributed by atoms with Crippen LogP contribution in [-0.4, -0.2) is 52.1 Å². The van der Waals surface area contributed by atoms with Crippen molar-refractivity contribution in [1.29, 1.82) is 0 Å². The van der Waals surface area contributed by atoms with Gasteiger partial charge in [0.1, 0.15) is 11.3 Å². The van der Waals surface area contributed by atoms with Crippen molar-refractivity contribution in [3.8, 4) is 0 Å². The number of ether oxygens (including phenoxy) is 1. The molecular weight excluding hydrogens is 353 g/mol. The largest absolute Gasteiger partial charge is 0.435 e. The van der Waals surface area contributed by atoms with Gasteiger partial charge in [0.05, 0.1) is 18.8 Å². The van der Waals surface area contributed by atoms with Gasteiger partial charge in [-0.25, -0.2) is 0 Å². The Morgan fingerprint density at radius 3 is 2.69 bits per heavy atom. The SMILES string of the molecule is CC1(C)CC2(C=C(N)C1=O)CN(C(=O)c1cc(C(F)(F)F)n[nH]1)CCO2. The lowest BCUT2D eigenvalue weighted by atomic mass is 9.71. The molecule has 3 N–H and O–H groups in total. The molecule has 0 saturated carbocycles. The Balaban J connectivity index is 1.84. The van der Waals surface area contributed by atoms with E-state index in [0.29, 0.717) is 12.5 Å². The molecule has 7 nitrogen and oxygen atoms in total. The van der Waals surface area contributed by atoms with E-state index in [0.717, 1.165) is 0 Å². The summed E-state index contributed by atoms with van der Waals surface area (Å²) in [5.74, 6) is -0.809. The highest BCUT2D eigenvalue weighted by molar-refractivity contribution is 6.00. The van der Waals surface area contributed by atoms with Crippen LogP contribution < -0.4 is 5.73 Å². The zero-order valence-electron chi connectivity index (χ0n) is 14.3. The Morgan fingerprint density at radius 1 is 1.42 bits per heavy atom. The van der Waals surface area contributed by atoms with E-state index in [4.69, 9.17) is 10.5 Å². The number of nitrogens with one attached hydrogen (secondary N) is 1. The van der Waals surface area contributed by atoms with Crippen molar-refractivity contribution in [2.75, 3.05) is 19.7 Å². The van der Waals surface area contributed by atoms with Gasteiger partial charge in [-0.05, 0) is 12.5 Å². The fourth-order valence-corrected chi connectivity index (χ4v) is 3.54. The summed E-state index contributed by atoms with van der Waals surface area (Å²) in [5.41, 5.74) is 2.79. The topological polar surface area (TPSA) is 101 Å². The number of alkyl halides is 3. The van der Waals surface area contributed by atoms with E-state index in [2.05, 4.69) is 10.2 Å². The highest BCUT2D eigenvalue weighted by Crippen LogP contribution is 2.40. The number of amides is 1. The molecule has 1 saturated heterocycles. The average molecular weight is 372 g/mol. The van der Waals surface area contributed by atoms with Crippen molar-refractivity contribution < 1.29 is 27.5 Å². The molecule has 1 aliphatic heterocycles. The third-order valence-corrected chi connectivity index (χ3v) is 4.63. The molecule has 0 radical (unpaired) electrons. The standard InChI is InChI=1S/C16H19F3N4O3/c1-14(2)7-15(6-9(20)12(14)24)8-23(3-4-26-15)13(25)10-5-11(22-21-10)16(17,18)19/h5-6H,3-4,7-8,20H2,1-2H3,(H,21,22). The monoisotopic (exact) mass is 372 g/mol. The number of hydrogen-bond donors (Lipinski definition) is 2. The highest BCUT2D eigenvalue weighted by atomic mass is 19.4. The molecule has 1 unspecified atom stereocenters. The summed E-state index contributed by atoms with van der Waals surface area (Å²) in [6.45, 7) is 3.96. The highest BCUT2D eigenvalue weighted by Gasteiger charge is 2.48. The van der Waals surface area contributed by atoms with Crippen molar-refractivity contribution in [2.24, 2.45) is 11.1 Å². The van der Waals surface area contributed by atoms with Crippen LogP contribution >= 0.6 is 0 Å². The van der Waals surface area contributed by atoms with Gasteiger partial charge in [0.15, 0.2) is 11.5 Å². The lowest BCUT2D eigenvalue weighted by Crippen LogP contribution is -2.57. The predicted octanol–water partition coefficient (Wildman–Crippen LogP) is 1.48.